The van der Waals surface area contributed by atoms with Gasteiger partial charge in [0.15, 0.2) is 0 Å². The zero-order chi connectivity index (χ0) is 25.7. The molecule has 4 rings (SSSR count). The van der Waals surface area contributed by atoms with Crippen LogP contribution in [0.4, 0.5) is 0 Å². The van der Waals surface area contributed by atoms with Crippen LogP contribution in [-0.4, -0.2) is 37.1 Å². The number of esters is 2. The molecule has 3 aromatic rings. The number of hydrogen-bond acceptors (Lipinski definition) is 6. The molecule has 1 N–H and O–H groups in total. The monoisotopic (exact) mass is 487 g/mol. The van der Waals surface area contributed by atoms with Gasteiger partial charge in [-0.1, -0.05) is 48.0 Å². The molecule has 2 unspecified atom stereocenters. The lowest BCUT2D eigenvalue weighted by molar-refractivity contribution is -0.164. The maximum Gasteiger partial charge on any atom is 0.349 e. The summed E-state index contributed by atoms with van der Waals surface area (Å²) in [4.78, 5) is 40.5. The summed E-state index contributed by atoms with van der Waals surface area (Å²) in [5.74, 6) is -2.07. The summed E-state index contributed by atoms with van der Waals surface area (Å²) < 4.78 is 16.1. The third-order valence-corrected chi connectivity index (χ3v) is 6.44. The molecule has 7 heteroatoms. The molecule has 3 aromatic carbocycles. The number of methoxy groups -OCH3 is 1. The van der Waals surface area contributed by atoms with E-state index < -0.39 is 29.3 Å². The molecule has 0 spiro atoms. The van der Waals surface area contributed by atoms with Crippen molar-refractivity contribution in [2.24, 2.45) is 0 Å². The molecule has 0 radical (unpaired) electrons. The van der Waals surface area contributed by atoms with Gasteiger partial charge in [-0.25, -0.2) is 9.59 Å². The number of aryl methyl sites for hydroxylation is 2. The molecule has 1 heterocycles. The highest BCUT2D eigenvalue weighted by Crippen LogP contribution is 2.44. The van der Waals surface area contributed by atoms with Crippen molar-refractivity contribution in [1.82, 2.24) is 5.32 Å². The summed E-state index contributed by atoms with van der Waals surface area (Å²) in [5, 5.41) is 2.73. The van der Waals surface area contributed by atoms with Crippen LogP contribution in [0.2, 0.25) is 0 Å². The number of rotatable bonds is 8. The van der Waals surface area contributed by atoms with Crippen molar-refractivity contribution in [2.75, 3.05) is 13.7 Å². The van der Waals surface area contributed by atoms with Gasteiger partial charge in [0, 0.05) is 17.0 Å². The fourth-order valence-electron chi connectivity index (χ4n) is 4.51. The summed E-state index contributed by atoms with van der Waals surface area (Å²) in [5.41, 5.74) is 1.07. The van der Waals surface area contributed by atoms with Gasteiger partial charge in [-0.15, -0.1) is 0 Å². The third-order valence-electron chi connectivity index (χ3n) is 6.44. The predicted octanol–water partition coefficient (Wildman–Crippen LogP) is 4.37. The maximum atomic E-state index is 13.6. The molecule has 0 fully saturated rings. The Hall–Kier alpha value is -4.13. The second-order valence-corrected chi connectivity index (χ2v) is 8.72. The molecule has 0 bridgehead atoms. The highest BCUT2D eigenvalue weighted by Gasteiger charge is 2.59. The van der Waals surface area contributed by atoms with Crippen molar-refractivity contribution >= 4 is 17.8 Å². The lowest BCUT2D eigenvalue weighted by atomic mass is 9.73. The molecule has 186 valence electrons. The van der Waals surface area contributed by atoms with E-state index in [9.17, 15) is 14.4 Å². The van der Waals surface area contributed by atoms with Crippen molar-refractivity contribution < 1.29 is 28.6 Å². The van der Waals surface area contributed by atoms with Crippen LogP contribution in [0.25, 0.3) is 0 Å². The van der Waals surface area contributed by atoms with Gasteiger partial charge >= 0.3 is 11.9 Å². The zero-order valence-corrected chi connectivity index (χ0v) is 20.6. The van der Waals surface area contributed by atoms with Crippen LogP contribution in [0.3, 0.4) is 0 Å². The van der Waals surface area contributed by atoms with Crippen molar-refractivity contribution in [3.63, 3.8) is 0 Å². The Morgan fingerprint density at radius 2 is 1.69 bits per heavy atom. The summed E-state index contributed by atoms with van der Waals surface area (Å²) in [6.07, 6.45) is 0.975. The number of ether oxygens (including phenoxy) is 3. The molecule has 36 heavy (non-hydrogen) atoms. The standard InChI is InChI=1S/C29H29NO6/c1-4-35-27(32)29(30-26(31)21-14-16-22(34-3)17-15-21)24(18-13-20-11-9-19(2)10-12-20)23-7-5-6-8-25(23)36-28(29)33/h5-12,14-17,24H,4,13,18H2,1-3H3,(H,30,31). The van der Waals surface area contributed by atoms with Crippen LogP contribution in [0.5, 0.6) is 11.5 Å². The molecule has 0 saturated carbocycles. The topological polar surface area (TPSA) is 90.9 Å². The highest BCUT2D eigenvalue weighted by molar-refractivity contribution is 6.12. The quantitative estimate of drug-likeness (QED) is 0.288. The van der Waals surface area contributed by atoms with Gasteiger partial charge in [0.1, 0.15) is 11.5 Å². The first-order valence-corrected chi connectivity index (χ1v) is 11.9. The van der Waals surface area contributed by atoms with Gasteiger partial charge in [0.05, 0.1) is 13.7 Å². The number of carbonyl (C=O) groups excluding carboxylic acids is 3. The van der Waals surface area contributed by atoms with Crippen LogP contribution in [-0.2, 0) is 20.7 Å². The minimum atomic E-state index is -2.05. The average molecular weight is 488 g/mol. The molecule has 0 aromatic heterocycles. The minimum Gasteiger partial charge on any atom is -0.497 e. The van der Waals surface area contributed by atoms with Crippen LogP contribution in [0, 0.1) is 6.92 Å². The first-order chi connectivity index (χ1) is 17.4. The Labute approximate surface area is 210 Å². The highest BCUT2D eigenvalue weighted by atomic mass is 16.6. The predicted molar refractivity (Wildman–Crippen MR) is 134 cm³/mol. The SMILES string of the molecule is CCOC(=O)C1(NC(=O)c2ccc(OC)cc2)C(=O)Oc2ccccc2C1CCc1ccc(C)cc1. The van der Waals surface area contributed by atoms with Gasteiger partial charge in [-0.2, -0.15) is 0 Å². The van der Waals surface area contributed by atoms with Crippen molar-refractivity contribution in [1.29, 1.82) is 0 Å². The zero-order valence-electron chi connectivity index (χ0n) is 20.6. The van der Waals surface area contributed by atoms with Crippen molar-refractivity contribution in [2.45, 2.75) is 38.1 Å². The number of amides is 1. The van der Waals surface area contributed by atoms with E-state index in [-0.39, 0.29) is 12.2 Å². The molecular formula is C29H29NO6. The fraction of sp³-hybridized carbons (Fsp3) is 0.276. The Balaban J connectivity index is 1.77. The summed E-state index contributed by atoms with van der Waals surface area (Å²) in [6.45, 7) is 3.70. The maximum absolute atomic E-state index is 13.6. The number of benzene rings is 3. The van der Waals surface area contributed by atoms with Crippen LogP contribution in [0.15, 0.2) is 72.8 Å². The molecule has 1 amide bonds. The second kappa shape index (κ2) is 10.6. The van der Waals surface area contributed by atoms with Crippen LogP contribution in [0.1, 0.15) is 46.3 Å². The molecule has 7 nitrogen and oxygen atoms in total. The Bertz CT molecular complexity index is 1250. The van der Waals surface area contributed by atoms with E-state index in [4.69, 9.17) is 14.2 Å². The number of carbonyl (C=O) groups is 3. The molecule has 2 atom stereocenters. The number of hydrogen-bond donors (Lipinski definition) is 1. The van der Waals surface area contributed by atoms with Gasteiger partial charge in [-0.3, -0.25) is 4.79 Å². The summed E-state index contributed by atoms with van der Waals surface area (Å²) in [6, 6.07) is 21.5. The molecule has 0 saturated heterocycles. The minimum absolute atomic E-state index is 0.0403. The Morgan fingerprint density at radius 1 is 1.00 bits per heavy atom. The number of fused-ring (bicyclic) bond motifs is 1. The number of nitrogens with one attached hydrogen (secondary N) is 1. The smallest absolute Gasteiger partial charge is 0.349 e. The Morgan fingerprint density at radius 3 is 2.36 bits per heavy atom. The third kappa shape index (κ3) is 4.82. The largest absolute Gasteiger partial charge is 0.497 e. The van der Waals surface area contributed by atoms with E-state index in [1.807, 2.05) is 43.3 Å². The van der Waals surface area contributed by atoms with Gasteiger partial charge < -0.3 is 19.5 Å². The van der Waals surface area contributed by atoms with Crippen LogP contribution < -0.4 is 14.8 Å². The lowest BCUT2D eigenvalue weighted by Gasteiger charge is -2.41. The van der Waals surface area contributed by atoms with Crippen LogP contribution >= 0.6 is 0 Å². The van der Waals surface area contributed by atoms with Crippen molar-refractivity contribution in [3.05, 3.63) is 95.1 Å². The lowest BCUT2D eigenvalue weighted by Crippen LogP contribution is -2.67. The van der Waals surface area contributed by atoms with E-state index in [0.29, 0.717) is 29.9 Å². The van der Waals surface area contributed by atoms with Gasteiger partial charge in [-0.05, 0) is 62.6 Å². The van der Waals surface area contributed by atoms with E-state index in [1.165, 1.54) is 7.11 Å². The van der Waals surface area contributed by atoms with Gasteiger partial charge in [0.25, 0.3) is 5.91 Å². The van der Waals surface area contributed by atoms with Crippen molar-refractivity contribution in [3.8, 4) is 11.5 Å². The first kappa shape index (κ1) is 25.0. The first-order valence-electron chi connectivity index (χ1n) is 11.9. The van der Waals surface area contributed by atoms with E-state index in [2.05, 4.69) is 5.32 Å². The normalized spacial score (nSPS) is 18.5. The summed E-state index contributed by atoms with van der Waals surface area (Å²) >= 11 is 0. The molecule has 0 aliphatic carbocycles. The summed E-state index contributed by atoms with van der Waals surface area (Å²) in [7, 11) is 1.53. The van der Waals surface area contributed by atoms with E-state index in [0.717, 1.165) is 11.1 Å². The van der Waals surface area contributed by atoms with Gasteiger partial charge in [0.2, 0.25) is 5.54 Å². The van der Waals surface area contributed by atoms with E-state index in [1.54, 1.807) is 43.3 Å². The Kier molecular flexibility index (Phi) is 7.38. The van der Waals surface area contributed by atoms with E-state index >= 15 is 0 Å². The average Bonchev–Trinajstić information content (AvgIpc) is 2.89. The molecule has 1 aliphatic rings. The molecular weight excluding hydrogens is 458 g/mol. The molecule has 1 aliphatic heterocycles. The fourth-order valence-corrected chi connectivity index (χ4v) is 4.51. The number of para-hydroxylation sites is 1. The second-order valence-electron chi connectivity index (χ2n) is 8.72.